The Labute approximate surface area is 107 Å². The minimum absolute atomic E-state index is 0.0670. The maximum atomic E-state index is 11.0. The lowest BCUT2D eigenvalue weighted by atomic mass is 10.2. The van der Waals surface area contributed by atoms with Crippen LogP contribution in [0.5, 0.6) is 0 Å². The largest absolute Gasteiger partial charge is 0.478 e. The van der Waals surface area contributed by atoms with Crippen LogP contribution in [0.4, 0.5) is 5.82 Å². The molecular formula is C10H13ClN2O3S. The van der Waals surface area contributed by atoms with Crippen LogP contribution in [-0.2, 0) is 10.8 Å². The molecule has 0 radical (unpaired) electrons. The number of pyridine rings is 1. The average Bonchev–Trinajstić information content (AvgIpc) is 2.14. The van der Waals surface area contributed by atoms with E-state index in [1.807, 2.05) is 6.92 Å². The SMILES string of the molecule is CC(CS(C)=O)Nc1cc(C(=O)O)cc(Cl)n1. The Morgan fingerprint density at radius 1 is 1.65 bits per heavy atom. The van der Waals surface area contributed by atoms with Gasteiger partial charge in [0.2, 0.25) is 0 Å². The highest BCUT2D eigenvalue weighted by Gasteiger charge is 2.10. The van der Waals surface area contributed by atoms with E-state index in [-0.39, 0.29) is 16.8 Å². The number of anilines is 1. The van der Waals surface area contributed by atoms with Crippen LogP contribution in [0.25, 0.3) is 0 Å². The van der Waals surface area contributed by atoms with Crippen LogP contribution in [0.1, 0.15) is 17.3 Å². The molecule has 0 fully saturated rings. The highest BCUT2D eigenvalue weighted by molar-refractivity contribution is 7.84. The van der Waals surface area contributed by atoms with E-state index in [0.717, 1.165) is 0 Å². The van der Waals surface area contributed by atoms with Gasteiger partial charge < -0.3 is 10.4 Å². The summed E-state index contributed by atoms with van der Waals surface area (Å²) < 4.78 is 11.0. The number of hydrogen-bond acceptors (Lipinski definition) is 4. The normalized spacial score (nSPS) is 14.1. The van der Waals surface area contributed by atoms with E-state index in [1.54, 1.807) is 6.26 Å². The third-order valence-electron chi connectivity index (χ3n) is 1.92. The average molecular weight is 277 g/mol. The fourth-order valence-electron chi connectivity index (χ4n) is 1.34. The molecule has 0 aliphatic rings. The van der Waals surface area contributed by atoms with Gasteiger partial charge in [-0.1, -0.05) is 11.6 Å². The number of aromatic carboxylic acids is 1. The molecule has 0 aromatic carbocycles. The van der Waals surface area contributed by atoms with Crippen LogP contribution >= 0.6 is 11.6 Å². The zero-order valence-electron chi connectivity index (χ0n) is 9.44. The van der Waals surface area contributed by atoms with Crippen LogP contribution in [0.15, 0.2) is 12.1 Å². The first-order valence-corrected chi connectivity index (χ1v) is 6.96. The van der Waals surface area contributed by atoms with Gasteiger partial charge in [0.1, 0.15) is 11.0 Å². The van der Waals surface area contributed by atoms with Crippen LogP contribution < -0.4 is 5.32 Å². The molecule has 0 saturated heterocycles. The molecule has 2 N–H and O–H groups in total. The van der Waals surface area contributed by atoms with Crippen molar-refractivity contribution in [2.24, 2.45) is 0 Å². The minimum Gasteiger partial charge on any atom is -0.478 e. The molecule has 17 heavy (non-hydrogen) atoms. The summed E-state index contributed by atoms with van der Waals surface area (Å²) in [4.78, 5) is 14.8. The van der Waals surface area contributed by atoms with E-state index < -0.39 is 16.8 Å². The van der Waals surface area contributed by atoms with E-state index in [9.17, 15) is 9.00 Å². The lowest BCUT2D eigenvalue weighted by Crippen LogP contribution is -2.23. The maximum absolute atomic E-state index is 11.0. The third-order valence-corrected chi connectivity index (χ3v) is 3.08. The van der Waals surface area contributed by atoms with Crippen LogP contribution in [0, 0.1) is 0 Å². The van der Waals surface area contributed by atoms with Crippen molar-refractivity contribution in [3.05, 3.63) is 22.8 Å². The first kappa shape index (κ1) is 13.9. The Morgan fingerprint density at radius 2 is 2.29 bits per heavy atom. The first-order valence-electron chi connectivity index (χ1n) is 4.86. The molecule has 2 unspecified atom stereocenters. The number of carbonyl (C=O) groups is 1. The Balaban J connectivity index is 2.84. The zero-order chi connectivity index (χ0) is 13.0. The van der Waals surface area contributed by atoms with Gasteiger partial charge in [0.15, 0.2) is 0 Å². The zero-order valence-corrected chi connectivity index (χ0v) is 11.0. The molecule has 94 valence electrons. The van der Waals surface area contributed by atoms with Gasteiger partial charge in [-0.05, 0) is 19.1 Å². The van der Waals surface area contributed by atoms with Gasteiger partial charge in [-0.15, -0.1) is 0 Å². The van der Waals surface area contributed by atoms with Crippen molar-refractivity contribution in [3.8, 4) is 0 Å². The summed E-state index contributed by atoms with van der Waals surface area (Å²) in [5.74, 6) is -0.242. The second-order valence-corrected chi connectivity index (χ2v) is 5.52. The van der Waals surface area contributed by atoms with Crippen molar-refractivity contribution in [1.29, 1.82) is 0 Å². The fourth-order valence-corrected chi connectivity index (χ4v) is 2.34. The van der Waals surface area contributed by atoms with Crippen LogP contribution in [0.2, 0.25) is 5.15 Å². The van der Waals surface area contributed by atoms with Crippen molar-refractivity contribution >= 4 is 34.2 Å². The summed E-state index contributed by atoms with van der Waals surface area (Å²) in [5.41, 5.74) is 0.0670. The Kier molecular flexibility index (Phi) is 4.89. The van der Waals surface area contributed by atoms with Crippen LogP contribution in [0.3, 0.4) is 0 Å². The predicted octanol–water partition coefficient (Wildman–Crippen LogP) is 1.61. The van der Waals surface area contributed by atoms with Gasteiger partial charge in [-0.3, -0.25) is 4.21 Å². The molecule has 0 aliphatic heterocycles. The molecule has 2 atom stereocenters. The topological polar surface area (TPSA) is 79.3 Å². The summed E-state index contributed by atoms with van der Waals surface area (Å²) in [6, 6.07) is 2.59. The van der Waals surface area contributed by atoms with E-state index in [4.69, 9.17) is 16.7 Å². The second-order valence-electron chi connectivity index (χ2n) is 3.65. The molecule has 1 heterocycles. The Bertz CT molecular complexity index is 453. The van der Waals surface area contributed by atoms with Gasteiger partial charge >= 0.3 is 5.97 Å². The summed E-state index contributed by atoms with van der Waals surface area (Å²) in [6.45, 7) is 1.84. The number of nitrogens with zero attached hydrogens (tertiary/aromatic N) is 1. The summed E-state index contributed by atoms with van der Waals surface area (Å²) in [7, 11) is -0.928. The molecule has 0 bridgehead atoms. The molecule has 7 heteroatoms. The molecule has 1 rings (SSSR count). The molecule has 0 spiro atoms. The second kappa shape index (κ2) is 5.97. The number of halogens is 1. The third kappa shape index (κ3) is 4.70. The predicted molar refractivity (Wildman–Crippen MR) is 68.2 cm³/mol. The van der Waals surface area contributed by atoms with Gasteiger partial charge in [0, 0.05) is 28.9 Å². The van der Waals surface area contributed by atoms with Crippen molar-refractivity contribution in [3.63, 3.8) is 0 Å². The van der Waals surface area contributed by atoms with E-state index in [0.29, 0.717) is 11.6 Å². The Hall–Kier alpha value is -1.14. The Morgan fingerprint density at radius 3 is 2.82 bits per heavy atom. The lowest BCUT2D eigenvalue weighted by Gasteiger charge is -2.13. The summed E-state index contributed by atoms with van der Waals surface area (Å²) in [5, 5.41) is 11.9. The molecule has 0 aliphatic carbocycles. The highest BCUT2D eigenvalue weighted by atomic mass is 35.5. The molecule has 1 aromatic rings. The van der Waals surface area contributed by atoms with Crippen LogP contribution in [-0.4, -0.2) is 38.3 Å². The molecule has 5 nitrogen and oxygen atoms in total. The first-order chi connectivity index (χ1) is 7.88. The number of rotatable bonds is 5. The number of aromatic nitrogens is 1. The number of carboxylic acid groups (broad SMARTS) is 1. The monoisotopic (exact) mass is 276 g/mol. The number of carboxylic acids is 1. The van der Waals surface area contributed by atoms with Crippen molar-refractivity contribution in [2.75, 3.05) is 17.3 Å². The van der Waals surface area contributed by atoms with Crippen molar-refractivity contribution in [2.45, 2.75) is 13.0 Å². The lowest BCUT2D eigenvalue weighted by molar-refractivity contribution is 0.0697. The van der Waals surface area contributed by atoms with E-state index >= 15 is 0 Å². The molecule has 0 amide bonds. The molecule has 0 saturated carbocycles. The minimum atomic E-state index is -1.07. The van der Waals surface area contributed by atoms with Gasteiger partial charge in [-0.25, -0.2) is 9.78 Å². The van der Waals surface area contributed by atoms with Crippen molar-refractivity contribution in [1.82, 2.24) is 4.98 Å². The van der Waals surface area contributed by atoms with E-state index in [1.165, 1.54) is 12.1 Å². The van der Waals surface area contributed by atoms with Gasteiger partial charge in [0.05, 0.1) is 5.56 Å². The number of hydrogen-bond donors (Lipinski definition) is 2. The molecular weight excluding hydrogens is 264 g/mol. The number of nitrogens with one attached hydrogen (secondary N) is 1. The van der Waals surface area contributed by atoms with Gasteiger partial charge in [-0.2, -0.15) is 0 Å². The summed E-state index contributed by atoms with van der Waals surface area (Å²) >= 11 is 5.71. The molecule has 1 aromatic heterocycles. The smallest absolute Gasteiger partial charge is 0.335 e. The van der Waals surface area contributed by atoms with Gasteiger partial charge in [0.25, 0.3) is 0 Å². The highest BCUT2D eigenvalue weighted by Crippen LogP contribution is 2.15. The van der Waals surface area contributed by atoms with E-state index in [2.05, 4.69) is 10.3 Å². The standard InChI is InChI=1S/C10H13ClN2O3S/c1-6(5-17(2)16)12-9-4-7(10(14)15)3-8(11)13-9/h3-4,6H,5H2,1-2H3,(H,12,13)(H,14,15). The maximum Gasteiger partial charge on any atom is 0.335 e. The van der Waals surface area contributed by atoms with Crippen molar-refractivity contribution < 1.29 is 14.1 Å². The quantitative estimate of drug-likeness (QED) is 0.799. The summed E-state index contributed by atoms with van der Waals surface area (Å²) in [6.07, 6.45) is 1.60. The fraction of sp³-hybridized carbons (Fsp3) is 0.400.